The molecule has 4 heteroatoms. The molecule has 0 aliphatic carbocycles. The van der Waals surface area contributed by atoms with Crippen LogP contribution in [0.25, 0.3) is 0 Å². The summed E-state index contributed by atoms with van der Waals surface area (Å²) in [6.07, 6.45) is 0. The Hall–Kier alpha value is -0.900. The molecule has 0 saturated carbocycles. The normalized spacial score (nSPS) is 10.7. The van der Waals surface area contributed by atoms with Crippen molar-refractivity contribution in [1.29, 1.82) is 0 Å². The highest BCUT2D eigenvalue weighted by Crippen LogP contribution is 2.15. The predicted octanol–water partition coefficient (Wildman–Crippen LogP) is 4.62. The van der Waals surface area contributed by atoms with E-state index in [1.165, 1.54) is 6.07 Å². The van der Waals surface area contributed by atoms with Gasteiger partial charge in [-0.2, -0.15) is 0 Å². The van der Waals surface area contributed by atoms with Crippen LogP contribution in [0.5, 0.6) is 0 Å². The number of alkyl halides is 1. The molecule has 0 saturated heterocycles. The van der Waals surface area contributed by atoms with Crippen LogP contribution in [0, 0.1) is 5.82 Å². The van der Waals surface area contributed by atoms with Crippen molar-refractivity contribution in [3.63, 3.8) is 0 Å². The smallest absolute Gasteiger partial charge is 0.128 e. The molecule has 2 aromatic carbocycles. The summed E-state index contributed by atoms with van der Waals surface area (Å²) in [6.45, 7) is 1.22. The van der Waals surface area contributed by atoms with Crippen molar-refractivity contribution in [3.05, 3.63) is 69.4 Å². The quantitative estimate of drug-likeness (QED) is 0.782. The van der Waals surface area contributed by atoms with Crippen molar-refractivity contribution in [3.8, 4) is 0 Å². The van der Waals surface area contributed by atoms with Gasteiger partial charge in [0.15, 0.2) is 0 Å². The predicted molar refractivity (Wildman–Crippen MR) is 80.6 cm³/mol. The second-order valence-corrected chi connectivity index (χ2v) is 5.47. The molecule has 0 unspecified atom stereocenters. The summed E-state index contributed by atoms with van der Waals surface area (Å²) in [6, 6.07) is 13.2. The van der Waals surface area contributed by atoms with Crippen LogP contribution < -0.4 is 5.32 Å². The molecule has 0 aliphatic heterocycles. The average Bonchev–Trinajstić information content (AvgIpc) is 2.42. The number of benzene rings is 2. The Bertz CT molecular complexity index is 542. The fourth-order valence-electron chi connectivity index (χ4n) is 1.75. The summed E-state index contributed by atoms with van der Waals surface area (Å²) < 4.78 is 14.3. The third-order valence-electron chi connectivity index (χ3n) is 2.84. The van der Waals surface area contributed by atoms with Crippen LogP contribution >= 0.6 is 27.5 Å². The van der Waals surface area contributed by atoms with Crippen molar-refractivity contribution in [2.45, 2.75) is 19.0 Å². The maximum absolute atomic E-state index is 13.6. The fourth-order valence-corrected chi connectivity index (χ4v) is 2.26. The van der Waals surface area contributed by atoms with E-state index >= 15 is 0 Å². The van der Waals surface area contributed by atoms with Gasteiger partial charge >= 0.3 is 0 Å². The minimum Gasteiger partial charge on any atom is -0.309 e. The summed E-state index contributed by atoms with van der Waals surface area (Å²) in [5, 5.41) is 3.23. The van der Waals surface area contributed by atoms with E-state index in [-0.39, 0.29) is 5.82 Å². The first-order valence-corrected chi connectivity index (χ1v) is 7.30. The maximum Gasteiger partial charge on any atom is 0.128 e. The molecule has 1 N–H and O–H groups in total. The summed E-state index contributed by atoms with van der Waals surface area (Å²) in [4.78, 5) is 0. The number of nitrogens with one attached hydrogen (secondary N) is 1. The maximum atomic E-state index is 13.6. The third-order valence-corrected chi connectivity index (χ3v) is 3.64. The van der Waals surface area contributed by atoms with E-state index < -0.39 is 0 Å². The van der Waals surface area contributed by atoms with Crippen molar-refractivity contribution in [2.75, 3.05) is 0 Å². The Morgan fingerprint density at radius 3 is 2.32 bits per heavy atom. The molecular weight excluding hydrogens is 329 g/mol. The minimum atomic E-state index is -0.195. The summed E-state index contributed by atoms with van der Waals surface area (Å²) in [7, 11) is 0. The Kier molecular flexibility index (Phi) is 5.37. The molecule has 0 aliphatic rings. The monoisotopic (exact) mass is 341 g/mol. The largest absolute Gasteiger partial charge is 0.309 e. The molecule has 0 bridgehead atoms. The Labute approximate surface area is 125 Å². The van der Waals surface area contributed by atoms with Gasteiger partial charge in [0.2, 0.25) is 0 Å². The molecule has 0 fully saturated rings. The van der Waals surface area contributed by atoms with E-state index in [4.69, 9.17) is 11.6 Å². The highest BCUT2D eigenvalue weighted by molar-refractivity contribution is 9.10. The van der Waals surface area contributed by atoms with Gasteiger partial charge in [-0.05, 0) is 23.3 Å². The van der Waals surface area contributed by atoms with Crippen LogP contribution in [0.15, 0.2) is 46.9 Å². The standard InChI is InChI=1S/C15H14BrClFN/c16-14-6-5-13(15(18)7-14)10-19-9-12-3-1-11(8-17)2-4-12/h1-7,19H,8-10H2. The minimum absolute atomic E-state index is 0.195. The van der Waals surface area contributed by atoms with Crippen LogP contribution in [0.1, 0.15) is 16.7 Å². The summed E-state index contributed by atoms with van der Waals surface area (Å²) >= 11 is 8.98. The molecule has 2 aromatic rings. The molecule has 1 nitrogen and oxygen atoms in total. The first-order valence-electron chi connectivity index (χ1n) is 5.97. The molecule has 0 radical (unpaired) electrons. The number of rotatable bonds is 5. The van der Waals surface area contributed by atoms with Crippen molar-refractivity contribution in [2.24, 2.45) is 0 Å². The second kappa shape index (κ2) is 7.04. The van der Waals surface area contributed by atoms with E-state index in [0.717, 1.165) is 15.6 Å². The van der Waals surface area contributed by atoms with Crippen LogP contribution in [0.3, 0.4) is 0 Å². The van der Waals surface area contributed by atoms with Crippen molar-refractivity contribution < 1.29 is 4.39 Å². The Morgan fingerprint density at radius 2 is 1.68 bits per heavy atom. The van der Waals surface area contributed by atoms with E-state index in [9.17, 15) is 4.39 Å². The zero-order chi connectivity index (χ0) is 13.7. The van der Waals surface area contributed by atoms with E-state index in [2.05, 4.69) is 21.2 Å². The van der Waals surface area contributed by atoms with Gasteiger partial charge in [0.1, 0.15) is 5.82 Å². The van der Waals surface area contributed by atoms with Gasteiger partial charge in [0.25, 0.3) is 0 Å². The molecule has 0 heterocycles. The Morgan fingerprint density at radius 1 is 1.00 bits per heavy atom. The SMILES string of the molecule is Fc1cc(Br)ccc1CNCc1ccc(CCl)cc1. The van der Waals surface area contributed by atoms with Crippen molar-refractivity contribution in [1.82, 2.24) is 5.32 Å². The molecule has 0 spiro atoms. The van der Waals surface area contributed by atoms with E-state index in [0.29, 0.717) is 24.5 Å². The van der Waals surface area contributed by atoms with Gasteiger partial charge in [0.05, 0.1) is 0 Å². The van der Waals surface area contributed by atoms with Gasteiger partial charge in [-0.1, -0.05) is 46.3 Å². The van der Waals surface area contributed by atoms with Crippen LogP contribution in [-0.4, -0.2) is 0 Å². The lowest BCUT2D eigenvalue weighted by Crippen LogP contribution is -2.13. The van der Waals surface area contributed by atoms with Gasteiger partial charge < -0.3 is 5.32 Å². The summed E-state index contributed by atoms with van der Waals surface area (Å²) in [5.41, 5.74) is 2.93. The lowest BCUT2D eigenvalue weighted by atomic mass is 10.1. The first-order chi connectivity index (χ1) is 9.19. The van der Waals surface area contributed by atoms with E-state index in [1.54, 1.807) is 6.07 Å². The number of halogens is 3. The zero-order valence-corrected chi connectivity index (χ0v) is 12.6. The zero-order valence-electron chi connectivity index (χ0n) is 10.3. The molecule has 100 valence electrons. The van der Waals surface area contributed by atoms with Crippen LogP contribution in [0.2, 0.25) is 0 Å². The lowest BCUT2D eigenvalue weighted by molar-refractivity contribution is 0.587. The van der Waals surface area contributed by atoms with Crippen molar-refractivity contribution >= 4 is 27.5 Å². The van der Waals surface area contributed by atoms with Crippen LogP contribution in [-0.2, 0) is 19.0 Å². The molecular formula is C15H14BrClFN. The topological polar surface area (TPSA) is 12.0 Å². The van der Waals surface area contributed by atoms with Gasteiger partial charge in [0, 0.05) is 29.0 Å². The molecule has 0 aromatic heterocycles. The summed E-state index contributed by atoms with van der Waals surface area (Å²) in [5.74, 6) is 0.331. The van der Waals surface area contributed by atoms with Crippen LogP contribution in [0.4, 0.5) is 4.39 Å². The average molecular weight is 343 g/mol. The second-order valence-electron chi connectivity index (χ2n) is 4.29. The van der Waals surface area contributed by atoms with Gasteiger partial charge in [-0.15, -0.1) is 11.6 Å². The lowest BCUT2D eigenvalue weighted by Gasteiger charge is -2.07. The van der Waals surface area contributed by atoms with Gasteiger partial charge in [-0.25, -0.2) is 4.39 Å². The Balaban J connectivity index is 1.88. The third kappa shape index (κ3) is 4.30. The fraction of sp³-hybridized carbons (Fsp3) is 0.200. The molecule has 2 rings (SSSR count). The number of hydrogen-bond acceptors (Lipinski definition) is 1. The highest BCUT2D eigenvalue weighted by Gasteiger charge is 2.02. The molecule has 0 amide bonds. The highest BCUT2D eigenvalue weighted by atomic mass is 79.9. The van der Waals surface area contributed by atoms with E-state index in [1.807, 2.05) is 30.3 Å². The number of hydrogen-bond donors (Lipinski definition) is 1. The first kappa shape index (κ1) is 14.5. The molecule has 19 heavy (non-hydrogen) atoms. The molecule has 0 atom stereocenters. The van der Waals surface area contributed by atoms with Gasteiger partial charge in [-0.3, -0.25) is 0 Å².